The number of nitrogens with one attached hydrogen (secondary N) is 4. The number of nitrogens with zero attached hydrogens (tertiary/aromatic N) is 4. The largest absolute Gasteiger partial charge is 0.370 e. The van der Waals surface area contributed by atoms with Crippen LogP contribution in [-0.4, -0.2) is 101 Å². The van der Waals surface area contributed by atoms with Gasteiger partial charge in [0.15, 0.2) is 5.96 Å². The summed E-state index contributed by atoms with van der Waals surface area (Å²) in [6.45, 7) is 26.2. The minimum atomic E-state index is 0.147. The van der Waals surface area contributed by atoms with Crippen molar-refractivity contribution in [3.8, 4) is 0 Å². The Balaban J connectivity index is 2.33. The lowest BCUT2D eigenvalue weighted by Gasteiger charge is -2.32. The second-order valence-electron chi connectivity index (χ2n) is 13.5. The molecule has 1 saturated heterocycles. The number of halogens is 2. The van der Waals surface area contributed by atoms with Crippen LogP contribution in [0.3, 0.4) is 0 Å². The molecule has 1 aliphatic rings. The Morgan fingerprint density at radius 1 is 1.19 bits per heavy atom. The van der Waals surface area contributed by atoms with Gasteiger partial charge in [0.05, 0.1) is 0 Å². The number of hydrogen-bond acceptors (Lipinski definition) is 7. The zero-order valence-electron chi connectivity index (χ0n) is 28.8. The standard InChI is InChI=1S/C32H67I2N9/c1-10-42(18-17-36-8)21-26(3)11-12-29(6)39-38-24-37-31(35)41(9)20-27(4)13-15-32(7)28(5)22-43(40-32)23-30(34)19-25(2)14-16-33/h25-28,30,36,38-40H,6,10-24H2,1-5,7-9H3,(H2,35,37)/t25?,26-,27-,28?,30?,32+/m1/s1. The first-order chi connectivity index (χ1) is 20.3. The summed E-state index contributed by atoms with van der Waals surface area (Å²) in [4.78, 5) is 9.11. The Hall–Kier alpha value is 0.0700. The lowest BCUT2D eigenvalue weighted by atomic mass is 9.83. The summed E-state index contributed by atoms with van der Waals surface area (Å²) in [5.41, 5.74) is 17.7. The van der Waals surface area contributed by atoms with Gasteiger partial charge in [0.1, 0.15) is 6.67 Å². The van der Waals surface area contributed by atoms with Crippen LogP contribution >= 0.6 is 45.2 Å². The quantitative estimate of drug-likeness (QED) is 0.0231. The zero-order chi connectivity index (χ0) is 32.4. The molecular formula is C32H67I2N9. The van der Waals surface area contributed by atoms with E-state index >= 15 is 0 Å². The number of hydrazine groups is 2. The van der Waals surface area contributed by atoms with Gasteiger partial charge in [0.2, 0.25) is 0 Å². The molecule has 11 heteroatoms. The molecule has 254 valence electrons. The first kappa shape index (κ1) is 41.1. The van der Waals surface area contributed by atoms with E-state index in [0.29, 0.717) is 34.3 Å². The number of hydrogen-bond donors (Lipinski definition) is 5. The highest BCUT2D eigenvalue weighted by atomic mass is 127. The maximum atomic E-state index is 6.32. The maximum Gasteiger partial charge on any atom is 0.192 e. The van der Waals surface area contributed by atoms with E-state index in [1.54, 1.807) is 0 Å². The predicted octanol–water partition coefficient (Wildman–Crippen LogP) is 5.04. The fourth-order valence-corrected chi connectivity index (χ4v) is 8.20. The van der Waals surface area contributed by atoms with E-state index in [4.69, 9.17) is 5.73 Å². The molecule has 9 nitrogen and oxygen atoms in total. The topological polar surface area (TPSA) is 96.2 Å². The van der Waals surface area contributed by atoms with Gasteiger partial charge in [-0.2, -0.15) is 0 Å². The molecule has 0 bridgehead atoms. The average Bonchev–Trinajstić information content (AvgIpc) is 3.22. The van der Waals surface area contributed by atoms with Crippen LogP contribution in [0, 0.1) is 23.7 Å². The van der Waals surface area contributed by atoms with E-state index in [-0.39, 0.29) is 5.54 Å². The second-order valence-corrected chi connectivity index (χ2v) is 16.3. The Morgan fingerprint density at radius 2 is 1.88 bits per heavy atom. The molecule has 0 aliphatic carbocycles. The molecule has 0 aromatic heterocycles. The molecule has 3 unspecified atom stereocenters. The number of guanidine groups is 1. The molecule has 0 aromatic carbocycles. The maximum absolute atomic E-state index is 6.32. The Morgan fingerprint density at radius 3 is 2.53 bits per heavy atom. The third kappa shape index (κ3) is 17.5. The number of likely N-dealkylation sites (N-methyl/N-ethyl adjacent to an activating group) is 2. The van der Waals surface area contributed by atoms with Gasteiger partial charge in [-0.25, -0.2) is 20.9 Å². The summed E-state index contributed by atoms with van der Waals surface area (Å²) < 4.78 is 1.94. The van der Waals surface area contributed by atoms with E-state index in [2.05, 4.69) is 135 Å². The van der Waals surface area contributed by atoms with Gasteiger partial charge >= 0.3 is 0 Å². The number of alkyl halides is 2. The van der Waals surface area contributed by atoms with Crippen molar-refractivity contribution in [2.45, 2.75) is 89.5 Å². The summed E-state index contributed by atoms with van der Waals surface area (Å²) >= 11 is 5.15. The predicted molar refractivity (Wildman–Crippen MR) is 205 cm³/mol. The van der Waals surface area contributed by atoms with Gasteiger partial charge in [-0.05, 0) is 87.1 Å². The van der Waals surface area contributed by atoms with Gasteiger partial charge in [-0.15, -0.1) is 0 Å². The smallest absolute Gasteiger partial charge is 0.192 e. The highest BCUT2D eigenvalue weighted by Crippen LogP contribution is 2.32. The van der Waals surface area contributed by atoms with Crippen LogP contribution in [0.15, 0.2) is 17.3 Å². The van der Waals surface area contributed by atoms with E-state index in [0.717, 1.165) is 83.1 Å². The molecule has 1 fully saturated rings. The second kappa shape index (κ2) is 22.6. The Bertz CT molecular complexity index is 786. The summed E-state index contributed by atoms with van der Waals surface area (Å²) in [7, 11) is 4.05. The summed E-state index contributed by atoms with van der Waals surface area (Å²) in [5, 5.41) is 5.73. The van der Waals surface area contributed by atoms with Gasteiger partial charge in [0.25, 0.3) is 0 Å². The monoisotopic (exact) mass is 831 g/mol. The average molecular weight is 832 g/mol. The number of nitrogens with two attached hydrogens (primary N) is 1. The molecule has 6 N–H and O–H groups in total. The van der Waals surface area contributed by atoms with Gasteiger partial charge in [-0.3, -0.25) is 0 Å². The first-order valence-electron chi connectivity index (χ1n) is 16.6. The van der Waals surface area contributed by atoms with Crippen molar-refractivity contribution in [3.05, 3.63) is 12.3 Å². The highest BCUT2D eigenvalue weighted by molar-refractivity contribution is 14.1. The molecule has 1 rings (SSSR count). The van der Waals surface area contributed by atoms with Crippen LogP contribution in [0.4, 0.5) is 0 Å². The van der Waals surface area contributed by atoms with E-state index in [1.165, 1.54) is 17.3 Å². The van der Waals surface area contributed by atoms with Crippen molar-refractivity contribution in [1.29, 1.82) is 0 Å². The van der Waals surface area contributed by atoms with Crippen molar-refractivity contribution in [3.63, 3.8) is 0 Å². The van der Waals surface area contributed by atoms with Crippen LogP contribution < -0.4 is 27.3 Å². The van der Waals surface area contributed by atoms with Crippen molar-refractivity contribution in [2.24, 2.45) is 34.4 Å². The third-order valence-electron chi connectivity index (χ3n) is 9.03. The van der Waals surface area contributed by atoms with Crippen LogP contribution in [0.5, 0.6) is 0 Å². The molecule has 1 heterocycles. The fourth-order valence-electron chi connectivity index (χ4n) is 5.79. The SMILES string of the molecule is C=C(CC[C@@H](C)CN(CC)CCNC)NNCN=C(N)N(C)C[C@H](C)CC[C@]1(C)NN(CC(I)CC(C)CCI)CC1C. The minimum absolute atomic E-state index is 0.147. The van der Waals surface area contributed by atoms with Crippen molar-refractivity contribution >= 4 is 51.1 Å². The summed E-state index contributed by atoms with van der Waals surface area (Å²) in [6, 6.07) is 0. The van der Waals surface area contributed by atoms with Gasteiger partial charge in [-0.1, -0.05) is 86.4 Å². The van der Waals surface area contributed by atoms with Gasteiger partial charge in [0, 0.05) is 61.5 Å². The lowest BCUT2D eigenvalue weighted by molar-refractivity contribution is 0.182. The Kier molecular flexibility index (Phi) is 21.6. The van der Waals surface area contributed by atoms with Crippen molar-refractivity contribution in [2.75, 3.05) is 71.0 Å². The molecule has 0 spiro atoms. The highest BCUT2D eigenvalue weighted by Gasteiger charge is 2.40. The first-order valence-corrected chi connectivity index (χ1v) is 19.4. The minimum Gasteiger partial charge on any atom is -0.370 e. The van der Waals surface area contributed by atoms with Crippen LogP contribution in [0.25, 0.3) is 0 Å². The molecule has 0 aromatic rings. The fraction of sp³-hybridized carbons (Fsp3) is 0.906. The third-order valence-corrected chi connectivity index (χ3v) is 10.6. The molecule has 0 amide bonds. The van der Waals surface area contributed by atoms with Crippen molar-refractivity contribution < 1.29 is 0 Å². The van der Waals surface area contributed by atoms with Gasteiger partial charge < -0.3 is 26.3 Å². The molecular weight excluding hydrogens is 764 g/mol. The molecule has 43 heavy (non-hydrogen) atoms. The number of rotatable bonds is 24. The molecule has 6 atom stereocenters. The normalized spacial score (nSPS) is 22.5. The summed E-state index contributed by atoms with van der Waals surface area (Å²) in [5.74, 6) is 3.16. The van der Waals surface area contributed by atoms with Crippen molar-refractivity contribution in [1.82, 2.24) is 36.4 Å². The molecule has 1 aliphatic heterocycles. The van der Waals surface area contributed by atoms with Crippen LogP contribution in [0.1, 0.15) is 80.1 Å². The zero-order valence-corrected chi connectivity index (χ0v) is 33.1. The van der Waals surface area contributed by atoms with Crippen LogP contribution in [0.2, 0.25) is 0 Å². The number of allylic oxidation sites excluding steroid dienone is 1. The van der Waals surface area contributed by atoms with E-state index in [9.17, 15) is 0 Å². The van der Waals surface area contributed by atoms with E-state index in [1.807, 2.05) is 14.1 Å². The van der Waals surface area contributed by atoms with Crippen LogP contribution in [-0.2, 0) is 0 Å². The lowest BCUT2D eigenvalue weighted by Crippen LogP contribution is -2.47. The number of aliphatic imine (C=N–C) groups is 1. The molecule has 0 radical (unpaired) electrons. The summed E-state index contributed by atoms with van der Waals surface area (Å²) in [6.07, 6.45) is 6.99. The Labute approximate surface area is 293 Å². The van der Waals surface area contributed by atoms with E-state index < -0.39 is 0 Å². The molecule has 0 saturated carbocycles.